The topological polar surface area (TPSA) is 61.2 Å². The van der Waals surface area contributed by atoms with Crippen LogP contribution in [0.2, 0.25) is 0 Å². The Morgan fingerprint density at radius 2 is 2.26 bits per heavy atom. The lowest BCUT2D eigenvalue weighted by Gasteiger charge is -2.20. The molecule has 108 valence electrons. The van der Waals surface area contributed by atoms with Crippen LogP contribution in [0.15, 0.2) is 11.2 Å². The van der Waals surface area contributed by atoms with Crippen molar-refractivity contribution in [3.8, 4) is 0 Å². The van der Waals surface area contributed by atoms with E-state index in [0.29, 0.717) is 18.8 Å². The van der Waals surface area contributed by atoms with Crippen molar-refractivity contribution < 1.29 is 13.2 Å². The van der Waals surface area contributed by atoms with Gasteiger partial charge in [0.25, 0.3) is 9.05 Å². The highest BCUT2D eigenvalue weighted by Crippen LogP contribution is 2.30. The van der Waals surface area contributed by atoms with E-state index in [-0.39, 0.29) is 16.7 Å². The van der Waals surface area contributed by atoms with Crippen LogP contribution in [0, 0.1) is 0 Å². The molecule has 0 radical (unpaired) electrons. The first-order chi connectivity index (χ1) is 8.71. The molecule has 1 unspecified atom stereocenters. The van der Waals surface area contributed by atoms with Gasteiger partial charge in [-0.3, -0.25) is 0 Å². The van der Waals surface area contributed by atoms with Crippen molar-refractivity contribution in [2.75, 3.05) is 0 Å². The van der Waals surface area contributed by atoms with Crippen molar-refractivity contribution in [2.45, 2.75) is 63.3 Å². The molecular formula is C12H19ClN2O3S. The molecule has 0 aromatic carbocycles. The van der Waals surface area contributed by atoms with Crippen molar-refractivity contribution in [3.63, 3.8) is 0 Å². The number of imidazole rings is 1. The minimum absolute atomic E-state index is 0.0803. The summed E-state index contributed by atoms with van der Waals surface area (Å²) >= 11 is 0. The molecule has 2 rings (SSSR count). The maximum Gasteiger partial charge on any atom is 0.280 e. The number of aryl methyl sites for hydroxylation is 1. The summed E-state index contributed by atoms with van der Waals surface area (Å²) in [6.07, 6.45) is 4.23. The summed E-state index contributed by atoms with van der Waals surface area (Å²) in [6, 6.07) is 0. The lowest BCUT2D eigenvalue weighted by molar-refractivity contribution is -0.0219. The number of aromatic nitrogens is 2. The highest BCUT2D eigenvalue weighted by atomic mass is 35.7. The van der Waals surface area contributed by atoms with Crippen molar-refractivity contribution in [2.24, 2.45) is 0 Å². The normalized spacial score (nSPS) is 22.8. The molecule has 7 heteroatoms. The molecule has 0 saturated carbocycles. The third-order valence-corrected chi connectivity index (χ3v) is 4.53. The van der Waals surface area contributed by atoms with E-state index in [9.17, 15) is 8.42 Å². The van der Waals surface area contributed by atoms with Gasteiger partial charge in [0.15, 0.2) is 5.03 Å². The number of hydrogen-bond donors (Lipinski definition) is 0. The summed E-state index contributed by atoms with van der Waals surface area (Å²) in [5, 5.41) is -0.0803. The van der Waals surface area contributed by atoms with Gasteiger partial charge in [-0.15, -0.1) is 0 Å². The number of ether oxygens (including phenoxy) is 1. The molecule has 1 aliphatic rings. The second kappa shape index (κ2) is 5.07. The molecule has 0 N–H and O–H groups in total. The standard InChI is InChI=1S/C12H19ClN2O3S/c1-4-10-14-11(19(13,16)17)8-15(10)7-9-5-6-12(2,3)18-9/h8-9H,4-7H2,1-3H3. The maximum absolute atomic E-state index is 11.3. The molecule has 2 heterocycles. The van der Waals surface area contributed by atoms with Crippen LogP contribution in [0.25, 0.3) is 0 Å². The smallest absolute Gasteiger partial charge is 0.280 e. The van der Waals surface area contributed by atoms with E-state index in [1.54, 1.807) is 0 Å². The van der Waals surface area contributed by atoms with Gasteiger partial charge in [-0.05, 0) is 26.7 Å². The van der Waals surface area contributed by atoms with E-state index in [4.69, 9.17) is 15.4 Å². The van der Waals surface area contributed by atoms with Crippen LogP contribution in [0.3, 0.4) is 0 Å². The number of halogens is 1. The van der Waals surface area contributed by atoms with Gasteiger partial charge >= 0.3 is 0 Å². The van der Waals surface area contributed by atoms with E-state index in [1.807, 2.05) is 11.5 Å². The summed E-state index contributed by atoms with van der Waals surface area (Å²) in [7, 11) is 1.56. The Morgan fingerprint density at radius 3 is 2.74 bits per heavy atom. The SMILES string of the molecule is CCc1nc(S(=O)(=O)Cl)cn1CC1CCC(C)(C)O1. The largest absolute Gasteiger partial charge is 0.370 e. The molecular weight excluding hydrogens is 288 g/mol. The van der Waals surface area contributed by atoms with Gasteiger partial charge in [0, 0.05) is 23.3 Å². The number of nitrogens with zero attached hydrogens (tertiary/aromatic N) is 2. The lowest BCUT2D eigenvalue weighted by atomic mass is 10.1. The molecule has 0 bridgehead atoms. The maximum atomic E-state index is 11.3. The number of rotatable bonds is 4. The minimum atomic E-state index is -3.77. The zero-order chi connectivity index (χ0) is 14.3. The van der Waals surface area contributed by atoms with Crippen molar-refractivity contribution >= 4 is 19.7 Å². The molecule has 0 amide bonds. The van der Waals surface area contributed by atoms with Crippen molar-refractivity contribution in [1.29, 1.82) is 0 Å². The van der Waals surface area contributed by atoms with E-state index in [0.717, 1.165) is 12.8 Å². The average Bonchev–Trinajstić information content (AvgIpc) is 2.82. The molecule has 1 fully saturated rings. The molecule has 0 spiro atoms. The minimum Gasteiger partial charge on any atom is -0.370 e. The van der Waals surface area contributed by atoms with Crippen LogP contribution in [0.1, 0.15) is 39.4 Å². The lowest BCUT2D eigenvalue weighted by Crippen LogP contribution is -2.23. The van der Waals surface area contributed by atoms with E-state index >= 15 is 0 Å². The van der Waals surface area contributed by atoms with Crippen molar-refractivity contribution in [1.82, 2.24) is 9.55 Å². The highest BCUT2D eigenvalue weighted by molar-refractivity contribution is 8.13. The Morgan fingerprint density at radius 1 is 1.58 bits per heavy atom. The average molecular weight is 307 g/mol. The molecule has 0 aliphatic carbocycles. The second-order valence-electron chi connectivity index (χ2n) is 5.48. The molecule has 5 nitrogen and oxygen atoms in total. The van der Waals surface area contributed by atoms with E-state index in [2.05, 4.69) is 18.8 Å². The summed E-state index contributed by atoms with van der Waals surface area (Å²) < 4.78 is 30.4. The van der Waals surface area contributed by atoms with E-state index < -0.39 is 9.05 Å². The van der Waals surface area contributed by atoms with Crippen LogP contribution in [-0.4, -0.2) is 29.7 Å². The predicted octanol–water partition coefficient (Wildman–Crippen LogP) is 2.33. The van der Waals surface area contributed by atoms with Gasteiger partial charge in [-0.2, -0.15) is 0 Å². The Labute approximate surface area is 118 Å². The molecule has 1 aromatic heterocycles. The van der Waals surface area contributed by atoms with Gasteiger partial charge in [0.2, 0.25) is 0 Å². The number of hydrogen-bond acceptors (Lipinski definition) is 4. The summed E-state index contributed by atoms with van der Waals surface area (Å²) in [5.41, 5.74) is -0.0982. The summed E-state index contributed by atoms with van der Waals surface area (Å²) in [4.78, 5) is 4.07. The quantitative estimate of drug-likeness (QED) is 0.801. The van der Waals surface area contributed by atoms with Crippen LogP contribution < -0.4 is 0 Å². The Kier molecular flexibility index (Phi) is 3.95. The Hall–Kier alpha value is -0.590. The fourth-order valence-electron chi connectivity index (χ4n) is 2.41. The van der Waals surface area contributed by atoms with Crippen molar-refractivity contribution in [3.05, 3.63) is 12.0 Å². The van der Waals surface area contributed by atoms with Crippen LogP contribution in [0.5, 0.6) is 0 Å². The van der Waals surface area contributed by atoms with Crippen LogP contribution >= 0.6 is 10.7 Å². The molecule has 19 heavy (non-hydrogen) atoms. The first kappa shape index (κ1) is 14.8. The van der Waals surface area contributed by atoms with Crippen LogP contribution in [-0.2, 0) is 26.8 Å². The van der Waals surface area contributed by atoms with Gasteiger partial charge < -0.3 is 9.30 Å². The third-order valence-electron chi connectivity index (χ3n) is 3.36. The van der Waals surface area contributed by atoms with Gasteiger partial charge in [-0.25, -0.2) is 13.4 Å². The molecule has 1 saturated heterocycles. The third kappa shape index (κ3) is 3.49. The molecule has 1 aliphatic heterocycles. The fourth-order valence-corrected chi connectivity index (χ4v) is 3.10. The highest BCUT2D eigenvalue weighted by Gasteiger charge is 2.32. The van der Waals surface area contributed by atoms with Gasteiger partial charge in [-0.1, -0.05) is 6.92 Å². The molecule has 1 aromatic rings. The summed E-state index contributed by atoms with van der Waals surface area (Å²) in [5.74, 6) is 0.715. The monoisotopic (exact) mass is 306 g/mol. The van der Waals surface area contributed by atoms with E-state index in [1.165, 1.54) is 6.20 Å². The van der Waals surface area contributed by atoms with Gasteiger partial charge in [0.05, 0.1) is 18.2 Å². The Bertz CT molecular complexity index is 566. The predicted molar refractivity (Wildman–Crippen MR) is 72.8 cm³/mol. The fraction of sp³-hybridized carbons (Fsp3) is 0.750. The molecule has 1 atom stereocenters. The Balaban J connectivity index is 2.19. The first-order valence-electron chi connectivity index (χ1n) is 6.40. The van der Waals surface area contributed by atoms with Crippen LogP contribution in [0.4, 0.5) is 0 Å². The second-order valence-corrected chi connectivity index (χ2v) is 7.99. The summed E-state index contributed by atoms with van der Waals surface area (Å²) in [6.45, 7) is 6.68. The van der Waals surface area contributed by atoms with Gasteiger partial charge in [0.1, 0.15) is 5.82 Å². The zero-order valence-electron chi connectivity index (χ0n) is 11.4. The first-order valence-corrected chi connectivity index (χ1v) is 8.71. The zero-order valence-corrected chi connectivity index (χ0v) is 13.0.